The van der Waals surface area contributed by atoms with Crippen LogP contribution in [0.25, 0.3) is 0 Å². The third kappa shape index (κ3) is 5.24. The number of allylic oxidation sites excluding steroid dienone is 2. The van der Waals surface area contributed by atoms with E-state index >= 15 is 0 Å². The van der Waals surface area contributed by atoms with Crippen molar-refractivity contribution in [1.29, 1.82) is 0 Å². The number of ether oxygens (including phenoxy) is 2. The summed E-state index contributed by atoms with van der Waals surface area (Å²) >= 11 is 0. The zero-order valence-electron chi connectivity index (χ0n) is 21.6. The fraction of sp³-hybridized carbons (Fsp3) is 0.793. The third-order valence-electron chi connectivity index (χ3n) is 9.96. The molecule has 1 heterocycles. The molecule has 0 amide bonds. The Morgan fingerprint density at radius 3 is 2.69 bits per heavy atom. The van der Waals surface area contributed by atoms with Crippen molar-refractivity contribution < 1.29 is 29.3 Å². The van der Waals surface area contributed by atoms with Crippen molar-refractivity contribution in [2.75, 3.05) is 13.2 Å². The van der Waals surface area contributed by atoms with Gasteiger partial charge in [0.25, 0.3) is 0 Å². The van der Waals surface area contributed by atoms with E-state index in [1.54, 1.807) is 0 Å². The molecule has 3 saturated carbocycles. The van der Waals surface area contributed by atoms with Gasteiger partial charge in [-0.2, -0.15) is 0 Å². The summed E-state index contributed by atoms with van der Waals surface area (Å²) in [5.74, 6) is 0.379. The maximum Gasteiger partial charge on any atom is 0.337 e. The van der Waals surface area contributed by atoms with Gasteiger partial charge in [-0.05, 0) is 68.1 Å². The summed E-state index contributed by atoms with van der Waals surface area (Å²) in [5.41, 5.74) is 0.928. The van der Waals surface area contributed by atoms with Crippen molar-refractivity contribution in [3.63, 3.8) is 0 Å². The average Bonchev–Trinajstić information content (AvgIpc) is 3.46. The summed E-state index contributed by atoms with van der Waals surface area (Å²) < 4.78 is 10.9. The largest absolute Gasteiger partial charge is 0.458 e. The summed E-state index contributed by atoms with van der Waals surface area (Å²) in [4.78, 5) is 25.0. The van der Waals surface area contributed by atoms with Crippen LogP contribution in [-0.2, 0) is 19.1 Å². The van der Waals surface area contributed by atoms with Gasteiger partial charge in [0.1, 0.15) is 6.61 Å². The highest BCUT2D eigenvalue weighted by Crippen LogP contribution is 2.61. The van der Waals surface area contributed by atoms with Gasteiger partial charge in [-0.3, -0.25) is 4.79 Å². The molecule has 6 nitrogen and oxygen atoms in total. The average molecular weight is 489 g/mol. The molecule has 196 valence electrons. The molecule has 35 heavy (non-hydrogen) atoms. The fourth-order valence-electron chi connectivity index (χ4n) is 7.70. The number of carbonyl (C=O) groups is 2. The molecule has 1 aliphatic heterocycles. The Bertz CT molecular complexity index is 842. The number of esters is 2. The van der Waals surface area contributed by atoms with E-state index in [2.05, 4.69) is 13.5 Å². The minimum Gasteiger partial charge on any atom is -0.458 e. The lowest BCUT2D eigenvalue weighted by atomic mass is 9.46. The summed E-state index contributed by atoms with van der Waals surface area (Å²) in [6.45, 7) is 8.66. The van der Waals surface area contributed by atoms with Crippen LogP contribution >= 0.6 is 0 Å². The molecule has 6 heteroatoms. The van der Waals surface area contributed by atoms with Crippen molar-refractivity contribution in [3.8, 4) is 0 Å². The van der Waals surface area contributed by atoms with E-state index in [1.165, 1.54) is 25.7 Å². The summed E-state index contributed by atoms with van der Waals surface area (Å²) in [6.07, 6.45) is 12.1. The molecule has 4 aliphatic rings. The molecular formula is C29H44O6. The molecule has 3 aliphatic carbocycles. The maximum absolute atomic E-state index is 12.5. The highest BCUT2D eigenvalue weighted by atomic mass is 16.6. The van der Waals surface area contributed by atoms with E-state index in [-0.39, 0.29) is 36.4 Å². The lowest BCUT2D eigenvalue weighted by Crippen LogP contribution is -2.57. The fourth-order valence-corrected chi connectivity index (χ4v) is 7.70. The van der Waals surface area contributed by atoms with Gasteiger partial charge in [0.05, 0.1) is 18.3 Å². The van der Waals surface area contributed by atoms with Crippen molar-refractivity contribution in [2.45, 2.75) is 103 Å². The third-order valence-corrected chi connectivity index (χ3v) is 9.96. The summed E-state index contributed by atoms with van der Waals surface area (Å²) in [5, 5.41) is 20.9. The molecule has 1 saturated heterocycles. The van der Waals surface area contributed by atoms with Crippen molar-refractivity contribution in [1.82, 2.24) is 0 Å². The van der Waals surface area contributed by atoms with Crippen LogP contribution in [0, 0.1) is 28.6 Å². The molecule has 4 fully saturated rings. The predicted molar refractivity (Wildman–Crippen MR) is 133 cm³/mol. The highest BCUT2D eigenvalue weighted by molar-refractivity contribution is 5.92. The van der Waals surface area contributed by atoms with Crippen molar-refractivity contribution >= 4 is 11.9 Å². The zero-order valence-corrected chi connectivity index (χ0v) is 21.6. The summed E-state index contributed by atoms with van der Waals surface area (Å²) in [6, 6.07) is 0. The van der Waals surface area contributed by atoms with E-state index in [4.69, 9.17) is 9.47 Å². The first-order valence-corrected chi connectivity index (χ1v) is 13.7. The van der Waals surface area contributed by atoms with Crippen LogP contribution in [0.15, 0.2) is 23.8 Å². The van der Waals surface area contributed by atoms with Gasteiger partial charge < -0.3 is 19.7 Å². The Hall–Kier alpha value is -1.66. The molecule has 0 aromatic carbocycles. The number of fused-ring (bicyclic) bond motifs is 1. The van der Waals surface area contributed by atoms with Gasteiger partial charge in [0, 0.05) is 11.8 Å². The molecule has 6 atom stereocenters. The Balaban J connectivity index is 1.41. The normalized spacial score (nSPS) is 39.0. The Morgan fingerprint density at radius 2 is 1.97 bits per heavy atom. The first-order chi connectivity index (χ1) is 16.7. The number of aliphatic hydroxyl groups is 2. The number of carbonyl (C=O) groups excluding carboxylic acids is 2. The number of hydrogen-bond donors (Lipinski definition) is 2. The van der Waals surface area contributed by atoms with E-state index in [0.29, 0.717) is 24.8 Å². The molecule has 0 aromatic heterocycles. The first-order valence-electron chi connectivity index (χ1n) is 13.7. The number of cyclic esters (lactones) is 1. The van der Waals surface area contributed by atoms with Crippen LogP contribution in [0.4, 0.5) is 0 Å². The van der Waals surface area contributed by atoms with Crippen molar-refractivity contribution in [3.05, 3.63) is 23.8 Å². The van der Waals surface area contributed by atoms with Crippen molar-refractivity contribution in [2.24, 2.45) is 28.6 Å². The zero-order chi connectivity index (χ0) is 25.2. The quantitative estimate of drug-likeness (QED) is 0.288. The Labute approximate surface area is 210 Å². The SMILES string of the molecule is C=C1CCC2[C@](C)(CO)[C@H](O)CC[C@@]2(C)[C@@H]1C/C=C1/C(=O)OC[C@H]1OC(=O)CCCC1CCCC1. The van der Waals surface area contributed by atoms with Crippen LogP contribution in [0.5, 0.6) is 0 Å². The van der Waals surface area contributed by atoms with Crippen LogP contribution in [0.2, 0.25) is 0 Å². The highest BCUT2D eigenvalue weighted by Gasteiger charge is 2.57. The minimum atomic E-state index is -0.641. The van der Waals surface area contributed by atoms with Gasteiger partial charge >= 0.3 is 11.9 Å². The monoisotopic (exact) mass is 488 g/mol. The van der Waals surface area contributed by atoms with E-state index < -0.39 is 23.6 Å². The lowest BCUT2D eigenvalue weighted by molar-refractivity contribution is -0.151. The maximum atomic E-state index is 12.5. The standard InChI is InChI=1S/C29H44O6/c1-19-11-14-24-28(2,16-15-25(31)29(24,3)18-30)22(19)13-12-21-23(17-34-27(21)33)35-26(32)10-6-9-20-7-4-5-8-20/h12,20,22-25,30-31H,1,4-11,13-18H2,2-3H3/b21-12+/t22-,23-,24?,25-,28+,29+/m1/s1. The van der Waals surface area contributed by atoms with Crippen LogP contribution in [0.3, 0.4) is 0 Å². The second kappa shape index (κ2) is 10.8. The van der Waals surface area contributed by atoms with Gasteiger partial charge in [-0.1, -0.05) is 57.8 Å². The second-order valence-electron chi connectivity index (χ2n) is 12.0. The van der Waals surface area contributed by atoms with Crippen LogP contribution < -0.4 is 0 Å². The molecular weight excluding hydrogens is 444 g/mol. The predicted octanol–water partition coefficient (Wildman–Crippen LogP) is 4.87. The van der Waals surface area contributed by atoms with Gasteiger partial charge in [-0.15, -0.1) is 0 Å². The molecule has 4 rings (SSSR count). The van der Waals surface area contributed by atoms with E-state index in [0.717, 1.165) is 43.6 Å². The molecule has 0 bridgehead atoms. The summed E-state index contributed by atoms with van der Waals surface area (Å²) in [7, 11) is 0. The topological polar surface area (TPSA) is 93.1 Å². The van der Waals surface area contributed by atoms with Gasteiger partial charge in [0.15, 0.2) is 6.10 Å². The molecule has 1 unspecified atom stereocenters. The van der Waals surface area contributed by atoms with Gasteiger partial charge in [0.2, 0.25) is 0 Å². The van der Waals surface area contributed by atoms with Gasteiger partial charge in [-0.25, -0.2) is 4.79 Å². The lowest BCUT2D eigenvalue weighted by Gasteiger charge is -2.59. The van der Waals surface area contributed by atoms with Crippen LogP contribution in [0.1, 0.15) is 90.9 Å². The molecule has 0 radical (unpaired) electrons. The molecule has 0 spiro atoms. The number of aliphatic hydroxyl groups excluding tert-OH is 2. The Kier molecular flexibility index (Phi) is 8.12. The first kappa shape index (κ1) is 26.4. The second-order valence-corrected chi connectivity index (χ2v) is 12.0. The smallest absolute Gasteiger partial charge is 0.337 e. The number of hydrogen-bond acceptors (Lipinski definition) is 6. The van der Waals surface area contributed by atoms with Crippen LogP contribution in [-0.4, -0.2) is 47.6 Å². The Morgan fingerprint density at radius 1 is 1.23 bits per heavy atom. The molecule has 2 N–H and O–H groups in total. The minimum absolute atomic E-state index is 0.0419. The number of rotatable bonds is 8. The molecule has 0 aromatic rings. The van der Waals surface area contributed by atoms with E-state index in [1.807, 2.05) is 13.0 Å². The van der Waals surface area contributed by atoms with E-state index in [9.17, 15) is 19.8 Å².